The minimum atomic E-state index is 0.131. The van der Waals surface area contributed by atoms with Gasteiger partial charge in [-0.2, -0.15) is 0 Å². The molecule has 2 heterocycles. The smallest absolute Gasteiger partial charge is 0.137 e. The van der Waals surface area contributed by atoms with Crippen LogP contribution in [-0.2, 0) is 6.42 Å². The van der Waals surface area contributed by atoms with Crippen LogP contribution in [0.3, 0.4) is 0 Å². The monoisotopic (exact) mass is 229 g/mol. The molecule has 1 fully saturated rings. The summed E-state index contributed by atoms with van der Waals surface area (Å²) in [6.45, 7) is 4.20. The van der Waals surface area contributed by atoms with Crippen LogP contribution >= 0.6 is 0 Å². The van der Waals surface area contributed by atoms with Crippen molar-refractivity contribution >= 4 is 5.65 Å². The molecule has 17 heavy (non-hydrogen) atoms. The van der Waals surface area contributed by atoms with Gasteiger partial charge in [0, 0.05) is 16.9 Å². The summed E-state index contributed by atoms with van der Waals surface area (Å²) in [4.78, 5) is 4.57. The van der Waals surface area contributed by atoms with E-state index in [0.29, 0.717) is 0 Å². The number of hydrogen-bond acceptors (Lipinski definition) is 2. The third-order valence-corrected chi connectivity index (χ3v) is 3.96. The molecule has 0 aromatic carbocycles. The molecule has 1 saturated carbocycles. The Bertz CT molecular complexity index is 564. The van der Waals surface area contributed by atoms with Crippen LogP contribution in [-0.4, -0.2) is 14.9 Å². The van der Waals surface area contributed by atoms with E-state index in [1.54, 1.807) is 0 Å². The van der Waals surface area contributed by atoms with E-state index in [1.807, 2.05) is 0 Å². The average Bonchev–Trinajstić information content (AvgIpc) is 2.97. The Kier molecular flexibility index (Phi) is 2.26. The van der Waals surface area contributed by atoms with E-state index < -0.39 is 0 Å². The number of imidazole rings is 1. The highest BCUT2D eigenvalue weighted by Gasteiger charge is 2.37. The summed E-state index contributed by atoms with van der Waals surface area (Å²) in [7, 11) is 0. The van der Waals surface area contributed by atoms with Crippen molar-refractivity contribution in [2.24, 2.45) is 5.73 Å². The molecule has 3 rings (SSSR count). The Balaban J connectivity index is 1.97. The lowest BCUT2D eigenvalue weighted by atomic mass is 10.1. The summed E-state index contributed by atoms with van der Waals surface area (Å²) in [5, 5.41) is 0. The molecular weight excluding hydrogens is 210 g/mol. The number of aromatic nitrogens is 2. The Labute approximate surface area is 102 Å². The third-order valence-electron chi connectivity index (χ3n) is 3.96. The minimum absolute atomic E-state index is 0.131. The van der Waals surface area contributed by atoms with Gasteiger partial charge in [0.15, 0.2) is 0 Å². The molecule has 3 nitrogen and oxygen atoms in total. The van der Waals surface area contributed by atoms with Crippen LogP contribution in [0.4, 0.5) is 0 Å². The van der Waals surface area contributed by atoms with Crippen molar-refractivity contribution in [2.75, 3.05) is 0 Å². The quantitative estimate of drug-likeness (QED) is 0.878. The van der Waals surface area contributed by atoms with Crippen LogP contribution < -0.4 is 5.73 Å². The first kappa shape index (κ1) is 10.8. The predicted octanol–water partition coefficient (Wildman–Crippen LogP) is 2.38. The van der Waals surface area contributed by atoms with Crippen LogP contribution in [0, 0.1) is 13.8 Å². The molecule has 90 valence electrons. The molecular formula is C14H19N3. The zero-order valence-corrected chi connectivity index (χ0v) is 10.5. The van der Waals surface area contributed by atoms with Gasteiger partial charge in [0.1, 0.15) is 5.65 Å². The maximum atomic E-state index is 6.16. The Morgan fingerprint density at radius 3 is 2.82 bits per heavy atom. The van der Waals surface area contributed by atoms with E-state index in [4.69, 9.17) is 5.73 Å². The molecule has 0 unspecified atom stereocenters. The van der Waals surface area contributed by atoms with E-state index in [0.717, 1.165) is 24.2 Å². The van der Waals surface area contributed by atoms with Crippen molar-refractivity contribution in [1.82, 2.24) is 9.38 Å². The highest BCUT2D eigenvalue weighted by molar-refractivity contribution is 5.44. The number of rotatable bonds is 3. The summed E-state index contributed by atoms with van der Waals surface area (Å²) in [6, 6.07) is 6.35. The summed E-state index contributed by atoms with van der Waals surface area (Å²) in [5.41, 5.74) is 11.0. The van der Waals surface area contributed by atoms with Gasteiger partial charge in [-0.05, 0) is 51.7 Å². The van der Waals surface area contributed by atoms with Gasteiger partial charge in [0.05, 0.1) is 5.69 Å². The van der Waals surface area contributed by atoms with Crippen molar-refractivity contribution in [1.29, 1.82) is 0 Å². The predicted molar refractivity (Wildman–Crippen MR) is 69.1 cm³/mol. The molecule has 1 aliphatic carbocycles. The van der Waals surface area contributed by atoms with Gasteiger partial charge < -0.3 is 10.1 Å². The largest absolute Gasteiger partial charge is 0.325 e. The highest BCUT2D eigenvalue weighted by Crippen LogP contribution is 2.36. The topological polar surface area (TPSA) is 43.3 Å². The Hall–Kier alpha value is -1.35. The van der Waals surface area contributed by atoms with Gasteiger partial charge in [-0.15, -0.1) is 0 Å². The fourth-order valence-electron chi connectivity index (χ4n) is 2.41. The van der Waals surface area contributed by atoms with Crippen molar-refractivity contribution in [3.05, 3.63) is 35.3 Å². The lowest BCUT2D eigenvalue weighted by Crippen LogP contribution is -2.22. The molecule has 0 aliphatic heterocycles. The average molecular weight is 229 g/mol. The maximum Gasteiger partial charge on any atom is 0.137 e. The lowest BCUT2D eigenvalue weighted by molar-refractivity contribution is 0.600. The van der Waals surface area contributed by atoms with E-state index in [1.165, 1.54) is 24.2 Å². The maximum absolute atomic E-state index is 6.16. The summed E-state index contributed by atoms with van der Waals surface area (Å²) in [5.74, 6) is 0. The van der Waals surface area contributed by atoms with Gasteiger partial charge in [0.25, 0.3) is 0 Å². The van der Waals surface area contributed by atoms with Crippen molar-refractivity contribution in [3.8, 4) is 0 Å². The van der Waals surface area contributed by atoms with E-state index >= 15 is 0 Å². The number of pyridine rings is 1. The first-order valence-corrected chi connectivity index (χ1v) is 6.31. The zero-order chi connectivity index (χ0) is 12.0. The number of fused-ring (bicyclic) bond motifs is 1. The Morgan fingerprint density at radius 2 is 2.12 bits per heavy atom. The summed E-state index contributed by atoms with van der Waals surface area (Å²) in [6.07, 6.45) is 4.50. The van der Waals surface area contributed by atoms with Crippen molar-refractivity contribution < 1.29 is 0 Å². The number of nitrogens with zero attached hydrogens (tertiary/aromatic N) is 2. The molecule has 1 aliphatic rings. The van der Waals surface area contributed by atoms with Crippen LogP contribution in [0.15, 0.2) is 18.2 Å². The second-order valence-corrected chi connectivity index (χ2v) is 5.36. The molecule has 0 atom stereocenters. The molecule has 0 spiro atoms. The molecule has 0 radical (unpaired) electrons. The van der Waals surface area contributed by atoms with Crippen LogP contribution in [0.2, 0.25) is 0 Å². The van der Waals surface area contributed by atoms with E-state index in [-0.39, 0.29) is 5.54 Å². The van der Waals surface area contributed by atoms with Crippen LogP contribution in [0.1, 0.15) is 36.3 Å². The van der Waals surface area contributed by atoms with E-state index in [2.05, 4.69) is 41.4 Å². The lowest BCUT2D eigenvalue weighted by Gasteiger charge is -2.11. The summed E-state index contributed by atoms with van der Waals surface area (Å²) < 4.78 is 2.26. The van der Waals surface area contributed by atoms with Gasteiger partial charge >= 0.3 is 0 Å². The molecule has 2 N–H and O–H groups in total. The van der Waals surface area contributed by atoms with Crippen molar-refractivity contribution in [2.45, 2.75) is 45.1 Å². The number of aryl methyl sites for hydroxylation is 3. The third kappa shape index (κ3) is 1.84. The molecule has 2 aromatic heterocycles. The highest BCUT2D eigenvalue weighted by atomic mass is 15.0. The molecule has 0 saturated heterocycles. The van der Waals surface area contributed by atoms with Gasteiger partial charge in [-0.1, -0.05) is 6.07 Å². The Morgan fingerprint density at radius 1 is 1.35 bits per heavy atom. The van der Waals surface area contributed by atoms with Gasteiger partial charge in [0.2, 0.25) is 0 Å². The summed E-state index contributed by atoms with van der Waals surface area (Å²) >= 11 is 0. The van der Waals surface area contributed by atoms with Gasteiger partial charge in [-0.25, -0.2) is 4.98 Å². The zero-order valence-electron chi connectivity index (χ0n) is 10.5. The number of hydrogen-bond donors (Lipinski definition) is 1. The molecule has 2 aromatic rings. The van der Waals surface area contributed by atoms with Crippen molar-refractivity contribution in [3.63, 3.8) is 0 Å². The van der Waals surface area contributed by atoms with Crippen LogP contribution in [0.5, 0.6) is 0 Å². The normalized spacial score (nSPS) is 17.6. The van der Waals surface area contributed by atoms with Gasteiger partial charge in [-0.3, -0.25) is 0 Å². The first-order chi connectivity index (χ1) is 8.09. The fourth-order valence-corrected chi connectivity index (χ4v) is 2.41. The second kappa shape index (κ2) is 3.57. The van der Waals surface area contributed by atoms with Crippen LogP contribution in [0.25, 0.3) is 5.65 Å². The fraction of sp³-hybridized carbons (Fsp3) is 0.500. The molecule has 3 heteroatoms. The van der Waals surface area contributed by atoms with E-state index in [9.17, 15) is 0 Å². The SMILES string of the molecule is Cc1nc2cccc(CCC3(N)CC3)n2c1C. The first-order valence-electron chi connectivity index (χ1n) is 6.31. The minimum Gasteiger partial charge on any atom is -0.325 e. The standard InChI is InChI=1S/C14H19N3/c1-10-11(2)17-12(4-3-5-13(17)16-10)6-7-14(15)8-9-14/h3-5H,6-9,15H2,1-2H3. The molecule has 0 amide bonds. The number of nitrogens with two attached hydrogens (primary N) is 1. The molecule has 0 bridgehead atoms. The second-order valence-electron chi connectivity index (χ2n) is 5.36.